The Morgan fingerprint density at radius 3 is 2.38 bits per heavy atom. The lowest BCUT2D eigenvalue weighted by molar-refractivity contribution is -0.156. The summed E-state index contributed by atoms with van der Waals surface area (Å²) in [4.78, 5) is 45.0. The van der Waals surface area contributed by atoms with Gasteiger partial charge in [0.2, 0.25) is 0 Å². The molecular weight excluding hydrogens is 450 g/mol. The van der Waals surface area contributed by atoms with Gasteiger partial charge in [0, 0.05) is 16.5 Å². The van der Waals surface area contributed by atoms with E-state index >= 15 is 0 Å². The maximum atomic E-state index is 13.6. The summed E-state index contributed by atoms with van der Waals surface area (Å²) in [6.07, 6.45) is 3.33. The molecule has 1 aromatic heterocycles. The first-order chi connectivity index (χ1) is 15.5. The minimum atomic E-state index is -1.64. The number of benzene rings is 1. The summed E-state index contributed by atoms with van der Waals surface area (Å²) < 4.78 is 14.5. The molecule has 0 aliphatic carbocycles. The lowest BCUT2D eigenvalue weighted by Crippen LogP contribution is -2.44. The topological polar surface area (TPSA) is 91.8 Å². The van der Waals surface area contributed by atoms with Crippen LogP contribution in [0.3, 0.4) is 0 Å². The Bertz CT molecular complexity index is 1060. The average Bonchev–Trinajstić information content (AvgIpc) is 3.15. The van der Waals surface area contributed by atoms with Crippen LogP contribution >= 0.6 is 23.5 Å². The van der Waals surface area contributed by atoms with Crippen LogP contribution < -0.4 is 0 Å². The van der Waals surface area contributed by atoms with Crippen LogP contribution in [0.15, 0.2) is 46.3 Å². The smallest absolute Gasteiger partial charge is 0.345 e. The van der Waals surface area contributed by atoms with Gasteiger partial charge < -0.3 is 14.2 Å². The zero-order valence-electron chi connectivity index (χ0n) is 18.4. The third-order valence-corrected chi connectivity index (χ3v) is 7.48. The number of ether oxygens (including phenoxy) is 3. The van der Waals surface area contributed by atoms with Gasteiger partial charge in [-0.2, -0.15) is 0 Å². The summed E-state index contributed by atoms with van der Waals surface area (Å²) in [5, 5.41) is 1.54. The highest BCUT2D eigenvalue weighted by molar-refractivity contribution is 8.09. The minimum Gasteiger partial charge on any atom is -0.465 e. The van der Waals surface area contributed by atoms with Gasteiger partial charge in [0.15, 0.2) is 4.75 Å². The van der Waals surface area contributed by atoms with E-state index in [1.165, 1.54) is 11.8 Å². The van der Waals surface area contributed by atoms with Crippen molar-refractivity contribution >= 4 is 52.2 Å². The largest absolute Gasteiger partial charge is 0.465 e. The molecule has 2 atom stereocenters. The van der Waals surface area contributed by atoms with Crippen molar-refractivity contribution in [1.29, 1.82) is 0 Å². The summed E-state index contributed by atoms with van der Waals surface area (Å²) >= 11 is 2.18. The highest BCUT2D eigenvalue weighted by Gasteiger charge is 2.62. The minimum absolute atomic E-state index is 0.102. The SMILES string of the molecule is CCOC(=O)C1=C(SC)C(C(=O)OCC)C(C(=O)OCC)(c2nccc3ccccc23)S1. The van der Waals surface area contributed by atoms with E-state index in [0.29, 0.717) is 16.0 Å². The summed E-state index contributed by atoms with van der Waals surface area (Å²) in [6.45, 7) is 5.47. The molecule has 2 heterocycles. The van der Waals surface area contributed by atoms with Crippen molar-refractivity contribution in [3.63, 3.8) is 0 Å². The Morgan fingerprint density at radius 2 is 1.72 bits per heavy atom. The molecule has 0 radical (unpaired) electrons. The number of fused-ring (bicyclic) bond motifs is 1. The zero-order chi connectivity index (χ0) is 23.3. The first-order valence-corrected chi connectivity index (χ1v) is 12.3. The summed E-state index contributed by atoms with van der Waals surface area (Å²) in [7, 11) is 0. The molecule has 0 saturated carbocycles. The zero-order valence-corrected chi connectivity index (χ0v) is 20.0. The Labute approximate surface area is 195 Å². The standard InChI is InChI=1S/C23H25NO6S2/c1-5-28-20(25)16-17(31-4)18(21(26)29-6-2)32-23(16,22(27)30-7-3)19-15-11-9-8-10-14(15)12-13-24-19/h8-13,16H,5-7H2,1-4H3. The fourth-order valence-electron chi connectivity index (χ4n) is 3.73. The lowest BCUT2D eigenvalue weighted by atomic mass is 9.85. The van der Waals surface area contributed by atoms with Crippen LogP contribution in [0.5, 0.6) is 0 Å². The van der Waals surface area contributed by atoms with Gasteiger partial charge in [0.25, 0.3) is 0 Å². The number of thioether (sulfide) groups is 2. The van der Waals surface area contributed by atoms with Gasteiger partial charge >= 0.3 is 17.9 Å². The van der Waals surface area contributed by atoms with Crippen LogP contribution in [0.1, 0.15) is 26.5 Å². The second-order valence-electron chi connectivity index (χ2n) is 6.74. The third-order valence-electron chi connectivity index (χ3n) is 4.96. The molecule has 3 rings (SSSR count). The van der Waals surface area contributed by atoms with Crippen molar-refractivity contribution in [2.45, 2.75) is 25.5 Å². The molecule has 9 heteroatoms. The molecule has 1 aliphatic rings. The quantitative estimate of drug-likeness (QED) is 0.414. The van der Waals surface area contributed by atoms with Gasteiger partial charge in [-0.3, -0.25) is 14.6 Å². The molecule has 2 aromatic rings. The number of nitrogens with zero attached hydrogens (tertiary/aromatic N) is 1. The van der Waals surface area contributed by atoms with E-state index in [9.17, 15) is 14.4 Å². The lowest BCUT2D eigenvalue weighted by Gasteiger charge is -2.32. The molecule has 0 bridgehead atoms. The molecule has 0 spiro atoms. The molecule has 0 fully saturated rings. The number of hydrogen-bond donors (Lipinski definition) is 0. The Hall–Kier alpha value is -2.52. The maximum Gasteiger partial charge on any atom is 0.345 e. The molecule has 7 nitrogen and oxygen atoms in total. The summed E-state index contributed by atoms with van der Waals surface area (Å²) in [5.74, 6) is -2.98. The predicted molar refractivity (Wildman–Crippen MR) is 125 cm³/mol. The molecule has 1 aliphatic heterocycles. The van der Waals surface area contributed by atoms with Crippen molar-refractivity contribution in [3.05, 3.63) is 52.0 Å². The van der Waals surface area contributed by atoms with Crippen LogP contribution in [0, 0.1) is 5.92 Å². The highest BCUT2D eigenvalue weighted by atomic mass is 32.2. The van der Waals surface area contributed by atoms with Crippen LogP contribution in [-0.4, -0.2) is 49.0 Å². The van der Waals surface area contributed by atoms with Crippen molar-refractivity contribution in [2.75, 3.05) is 26.1 Å². The number of carbonyl (C=O) groups excluding carboxylic acids is 3. The molecular formula is C23H25NO6S2. The van der Waals surface area contributed by atoms with E-state index in [0.717, 1.165) is 17.1 Å². The molecule has 32 heavy (non-hydrogen) atoms. The van der Waals surface area contributed by atoms with Crippen LogP contribution in [0.25, 0.3) is 10.8 Å². The monoisotopic (exact) mass is 475 g/mol. The normalized spacial score (nSPS) is 20.3. The van der Waals surface area contributed by atoms with E-state index in [1.807, 2.05) is 30.3 Å². The van der Waals surface area contributed by atoms with Crippen molar-refractivity contribution in [2.24, 2.45) is 5.92 Å². The fraction of sp³-hybridized carbons (Fsp3) is 0.391. The van der Waals surface area contributed by atoms with Gasteiger partial charge in [-0.05, 0) is 38.5 Å². The second kappa shape index (κ2) is 10.4. The van der Waals surface area contributed by atoms with Crippen molar-refractivity contribution in [3.8, 4) is 0 Å². The summed E-state index contributed by atoms with van der Waals surface area (Å²) in [5.41, 5.74) is 0.350. The first kappa shape index (κ1) is 24.1. The van der Waals surface area contributed by atoms with E-state index in [1.54, 1.807) is 33.2 Å². The molecule has 0 N–H and O–H groups in total. The highest BCUT2D eigenvalue weighted by Crippen LogP contribution is 2.60. The second-order valence-corrected chi connectivity index (χ2v) is 8.85. The van der Waals surface area contributed by atoms with E-state index < -0.39 is 28.6 Å². The van der Waals surface area contributed by atoms with Crippen molar-refractivity contribution in [1.82, 2.24) is 4.98 Å². The Morgan fingerprint density at radius 1 is 1.03 bits per heavy atom. The van der Waals surface area contributed by atoms with E-state index in [-0.39, 0.29) is 24.7 Å². The summed E-state index contributed by atoms with van der Waals surface area (Å²) in [6, 6.07) is 9.27. The number of carbonyl (C=O) groups is 3. The maximum absolute atomic E-state index is 13.6. The number of rotatable bonds is 8. The van der Waals surface area contributed by atoms with Gasteiger partial charge in [-0.15, -0.1) is 11.8 Å². The number of pyridine rings is 1. The number of aromatic nitrogens is 1. The van der Waals surface area contributed by atoms with Crippen molar-refractivity contribution < 1.29 is 28.6 Å². The molecule has 2 unspecified atom stereocenters. The first-order valence-electron chi connectivity index (χ1n) is 10.3. The van der Waals surface area contributed by atoms with E-state index in [2.05, 4.69) is 4.98 Å². The molecule has 0 saturated heterocycles. The molecule has 0 amide bonds. The molecule has 170 valence electrons. The number of esters is 3. The van der Waals surface area contributed by atoms with Gasteiger partial charge in [-0.1, -0.05) is 36.0 Å². The van der Waals surface area contributed by atoms with Crippen LogP contribution in [-0.2, 0) is 33.3 Å². The Kier molecular flexibility index (Phi) is 7.84. The van der Waals surface area contributed by atoms with Gasteiger partial charge in [0.05, 0.1) is 25.5 Å². The predicted octanol–water partition coefficient (Wildman–Crippen LogP) is 4.06. The van der Waals surface area contributed by atoms with Crippen LogP contribution in [0.4, 0.5) is 0 Å². The van der Waals surface area contributed by atoms with Gasteiger partial charge in [0.1, 0.15) is 10.8 Å². The van der Waals surface area contributed by atoms with E-state index in [4.69, 9.17) is 14.2 Å². The average molecular weight is 476 g/mol. The molecule has 1 aromatic carbocycles. The Balaban J connectivity index is 2.35. The van der Waals surface area contributed by atoms with Crippen LogP contribution in [0.2, 0.25) is 0 Å². The third kappa shape index (κ3) is 4.11. The van der Waals surface area contributed by atoms with Gasteiger partial charge in [-0.25, -0.2) is 4.79 Å². The fourth-order valence-corrected chi connectivity index (χ4v) is 6.37. The number of hydrogen-bond acceptors (Lipinski definition) is 9.